The quantitative estimate of drug-likeness (QED) is 0.727. The van der Waals surface area contributed by atoms with Gasteiger partial charge in [0.15, 0.2) is 0 Å². The van der Waals surface area contributed by atoms with E-state index in [-0.39, 0.29) is 11.4 Å². The number of nitrogens with two attached hydrogens (primary N) is 1. The Morgan fingerprint density at radius 2 is 1.75 bits per heavy atom. The minimum atomic E-state index is 0.206. The smallest absolute Gasteiger partial charge is 0.223 e. The fourth-order valence-electron chi connectivity index (χ4n) is 1.18. The summed E-state index contributed by atoms with van der Waals surface area (Å²) >= 11 is 0. The second kappa shape index (κ2) is 5.01. The molecule has 1 heterocycles. The molecule has 0 aliphatic carbocycles. The van der Waals surface area contributed by atoms with Gasteiger partial charge in [0.05, 0.1) is 0 Å². The zero-order chi connectivity index (χ0) is 12.2. The molecular formula is C11H21N5. The van der Waals surface area contributed by atoms with Crippen LogP contribution in [0.15, 0.2) is 6.07 Å². The number of nitrogens with one attached hydrogen (secondary N) is 2. The molecule has 0 atom stereocenters. The second-order valence-electron chi connectivity index (χ2n) is 4.94. The zero-order valence-electron chi connectivity index (χ0n) is 10.5. The van der Waals surface area contributed by atoms with Gasteiger partial charge >= 0.3 is 0 Å². The van der Waals surface area contributed by atoms with Crippen molar-refractivity contribution in [2.75, 3.05) is 29.5 Å². The van der Waals surface area contributed by atoms with Gasteiger partial charge in [-0.05, 0) is 12.3 Å². The molecule has 0 fully saturated rings. The molecule has 0 aromatic carbocycles. The van der Waals surface area contributed by atoms with E-state index < -0.39 is 0 Å². The van der Waals surface area contributed by atoms with Gasteiger partial charge < -0.3 is 16.4 Å². The van der Waals surface area contributed by atoms with Crippen molar-refractivity contribution in [2.24, 2.45) is 5.41 Å². The summed E-state index contributed by atoms with van der Waals surface area (Å²) in [6.45, 7) is 10.2. The summed E-state index contributed by atoms with van der Waals surface area (Å²) in [5.41, 5.74) is 5.83. The summed E-state index contributed by atoms with van der Waals surface area (Å²) in [4.78, 5) is 8.22. The minimum absolute atomic E-state index is 0.206. The molecule has 90 valence electrons. The van der Waals surface area contributed by atoms with E-state index in [1.54, 1.807) is 0 Å². The van der Waals surface area contributed by atoms with Crippen molar-refractivity contribution in [1.29, 1.82) is 0 Å². The molecule has 0 bridgehead atoms. The van der Waals surface area contributed by atoms with Gasteiger partial charge in [-0.1, -0.05) is 20.8 Å². The van der Waals surface area contributed by atoms with Gasteiger partial charge in [0.25, 0.3) is 0 Å². The van der Waals surface area contributed by atoms with Crippen molar-refractivity contribution in [1.82, 2.24) is 9.97 Å². The van der Waals surface area contributed by atoms with E-state index in [0.717, 1.165) is 24.7 Å². The Morgan fingerprint density at radius 3 is 2.25 bits per heavy atom. The molecule has 1 rings (SSSR count). The van der Waals surface area contributed by atoms with Crippen molar-refractivity contribution < 1.29 is 0 Å². The average Bonchev–Trinajstić information content (AvgIpc) is 2.13. The van der Waals surface area contributed by atoms with Gasteiger partial charge in [-0.15, -0.1) is 0 Å². The van der Waals surface area contributed by atoms with Gasteiger partial charge in [0.2, 0.25) is 5.95 Å². The summed E-state index contributed by atoms with van der Waals surface area (Å²) in [5, 5.41) is 6.37. The molecule has 16 heavy (non-hydrogen) atoms. The molecule has 0 unspecified atom stereocenters. The number of hydrogen-bond donors (Lipinski definition) is 3. The van der Waals surface area contributed by atoms with Gasteiger partial charge in [-0.25, -0.2) is 0 Å². The van der Waals surface area contributed by atoms with Crippen molar-refractivity contribution >= 4 is 17.6 Å². The number of nitrogens with zero attached hydrogens (tertiary/aromatic N) is 2. The van der Waals surface area contributed by atoms with Crippen LogP contribution in [0.5, 0.6) is 0 Å². The molecule has 0 amide bonds. The van der Waals surface area contributed by atoms with Crippen LogP contribution in [0.1, 0.15) is 27.7 Å². The van der Waals surface area contributed by atoms with Gasteiger partial charge in [0, 0.05) is 19.2 Å². The van der Waals surface area contributed by atoms with Crippen LogP contribution in [0.25, 0.3) is 0 Å². The Bertz CT molecular complexity index is 343. The van der Waals surface area contributed by atoms with Crippen molar-refractivity contribution in [3.05, 3.63) is 6.07 Å². The Hall–Kier alpha value is -1.52. The lowest BCUT2D eigenvalue weighted by molar-refractivity contribution is 0.442. The third-order valence-electron chi connectivity index (χ3n) is 1.90. The highest BCUT2D eigenvalue weighted by atomic mass is 15.1. The van der Waals surface area contributed by atoms with Crippen LogP contribution in [-0.4, -0.2) is 23.1 Å². The first kappa shape index (κ1) is 12.5. The fourth-order valence-corrected chi connectivity index (χ4v) is 1.18. The SMILES string of the molecule is CCNc1cc(NCC(C)(C)C)nc(N)n1. The normalized spacial score (nSPS) is 11.2. The molecule has 0 aliphatic rings. The summed E-state index contributed by atoms with van der Waals surface area (Å²) in [6, 6.07) is 1.87. The fraction of sp³-hybridized carbons (Fsp3) is 0.636. The predicted molar refractivity (Wildman–Crippen MR) is 68.6 cm³/mol. The molecule has 5 heteroatoms. The van der Waals surface area contributed by atoms with Gasteiger partial charge in [-0.2, -0.15) is 9.97 Å². The molecule has 0 saturated heterocycles. The first-order valence-electron chi connectivity index (χ1n) is 5.53. The van der Waals surface area contributed by atoms with Crippen molar-refractivity contribution in [2.45, 2.75) is 27.7 Å². The largest absolute Gasteiger partial charge is 0.370 e. The Kier molecular flexibility index (Phi) is 3.93. The second-order valence-corrected chi connectivity index (χ2v) is 4.94. The van der Waals surface area contributed by atoms with Crippen molar-refractivity contribution in [3.63, 3.8) is 0 Å². The predicted octanol–water partition coefficient (Wildman–Crippen LogP) is 1.95. The summed E-state index contributed by atoms with van der Waals surface area (Å²) in [6.07, 6.45) is 0. The molecule has 0 radical (unpaired) electrons. The van der Waals surface area contributed by atoms with Crippen LogP contribution in [0.4, 0.5) is 17.6 Å². The molecule has 1 aromatic rings. The average molecular weight is 223 g/mol. The van der Waals surface area contributed by atoms with E-state index in [1.165, 1.54) is 0 Å². The van der Waals surface area contributed by atoms with Crippen LogP contribution in [0.2, 0.25) is 0 Å². The Morgan fingerprint density at radius 1 is 1.19 bits per heavy atom. The summed E-state index contributed by atoms with van der Waals surface area (Å²) in [7, 11) is 0. The molecule has 0 saturated carbocycles. The van der Waals surface area contributed by atoms with Gasteiger partial charge in [0.1, 0.15) is 11.6 Å². The number of aromatic nitrogens is 2. The lowest BCUT2D eigenvalue weighted by Gasteiger charge is -2.19. The first-order chi connectivity index (χ1) is 7.40. The van der Waals surface area contributed by atoms with E-state index in [4.69, 9.17) is 5.73 Å². The number of rotatable bonds is 4. The van der Waals surface area contributed by atoms with Gasteiger partial charge in [-0.3, -0.25) is 0 Å². The summed E-state index contributed by atoms with van der Waals surface area (Å²) < 4.78 is 0. The highest BCUT2D eigenvalue weighted by Gasteiger charge is 2.10. The Labute approximate surface area is 96.9 Å². The first-order valence-corrected chi connectivity index (χ1v) is 5.53. The number of nitrogen functional groups attached to an aromatic ring is 1. The van der Waals surface area contributed by atoms with Crippen molar-refractivity contribution in [3.8, 4) is 0 Å². The minimum Gasteiger partial charge on any atom is -0.370 e. The third kappa shape index (κ3) is 4.33. The maximum atomic E-state index is 5.63. The van der Waals surface area contributed by atoms with E-state index >= 15 is 0 Å². The third-order valence-corrected chi connectivity index (χ3v) is 1.90. The summed E-state index contributed by atoms with van der Waals surface area (Å²) in [5.74, 6) is 1.81. The standard InChI is InChI=1S/C11H21N5/c1-5-13-8-6-9(16-10(12)15-8)14-7-11(2,3)4/h6H,5,7H2,1-4H3,(H4,12,13,14,15,16). The molecule has 5 nitrogen and oxygen atoms in total. The zero-order valence-corrected chi connectivity index (χ0v) is 10.5. The van der Waals surface area contributed by atoms with Crippen LogP contribution in [0.3, 0.4) is 0 Å². The number of hydrogen-bond acceptors (Lipinski definition) is 5. The maximum Gasteiger partial charge on any atom is 0.223 e. The highest BCUT2D eigenvalue weighted by molar-refractivity contribution is 5.50. The Balaban J connectivity index is 2.72. The topological polar surface area (TPSA) is 75.9 Å². The van der Waals surface area contributed by atoms with E-state index in [1.807, 2.05) is 13.0 Å². The maximum absolute atomic E-state index is 5.63. The molecular weight excluding hydrogens is 202 g/mol. The molecule has 0 aliphatic heterocycles. The molecule has 1 aromatic heterocycles. The van der Waals surface area contributed by atoms with Crippen LogP contribution in [0, 0.1) is 5.41 Å². The molecule has 0 spiro atoms. The van der Waals surface area contributed by atoms with E-state index in [9.17, 15) is 0 Å². The highest BCUT2D eigenvalue weighted by Crippen LogP contribution is 2.16. The monoisotopic (exact) mass is 223 g/mol. The number of anilines is 3. The van der Waals surface area contributed by atoms with Crippen LogP contribution in [-0.2, 0) is 0 Å². The lowest BCUT2D eigenvalue weighted by atomic mass is 9.97. The van der Waals surface area contributed by atoms with Crippen LogP contribution >= 0.6 is 0 Å². The molecule has 4 N–H and O–H groups in total. The lowest BCUT2D eigenvalue weighted by Crippen LogP contribution is -2.20. The van der Waals surface area contributed by atoms with E-state index in [2.05, 4.69) is 41.4 Å². The van der Waals surface area contributed by atoms with E-state index in [0.29, 0.717) is 0 Å². The van der Waals surface area contributed by atoms with Crippen LogP contribution < -0.4 is 16.4 Å².